The Morgan fingerprint density at radius 3 is 2.14 bits per heavy atom. The van der Waals surface area contributed by atoms with Crippen LogP contribution in [0.15, 0.2) is 5.38 Å². The monoisotopic (exact) mass is 337 g/mol. The fourth-order valence-electron chi connectivity index (χ4n) is 2.51. The molecule has 122 valence electrons. The van der Waals surface area contributed by atoms with Crippen LogP contribution in [0.25, 0.3) is 0 Å². The second-order valence-electron chi connectivity index (χ2n) is 7.36. The average molecular weight is 338 g/mol. The quantitative estimate of drug-likeness (QED) is 0.677. The van der Waals surface area contributed by atoms with Crippen molar-refractivity contribution in [1.82, 2.24) is 14.3 Å². The molecule has 0 N–H and O–H groups in total. The Balaban J connectivity index is 2.12. The summed E-state index contributed by atoms with van der Waals surface area (Å²) in [6.07, 6.45) is 1.02. The molecule has 0 saturated carbocycles. The molecule has 1 atom stereocenters. The van der Waals surface area contributed by atoms with E-state index in [9.17, 15) is 0 Å². The molecule has 2 rings (SSSR count). The van der Waals surface area contributed by atoms with Crippen molar-refractivity contribution in [3.05, 3.63) is 26.9 Å². The molecule has 0 radical (unpaired) electrons. The summed E-state index contributed by atoms with van der Waals surface area (Å²) >= 11 is 3.32. The number of thiazole rings is 1. The lowest BCUT2D eigenvalue weighted by Crippen LogP contribution is -2.21. The minimum absolute atomic E-state index is 0.0480. The highest BCUT2D eigenvalue weighted by atomic mass is 32.1. The van der Waals surface area contributed by atoms with Crippen molar-refractivity contribution >= 4 is 22.9 Å². The van der Waals surface area contributed by atoms with E-state index in [0.29, 0.717) is 17.8 Å². The molecule has 0 bridgehead atoms. The van der Waals surface area contributed by atoms with Gasteiger partial charge in [0.1, 0.15) is 10.8 Å². The lowest BCUT2D eigenvalue weighted by Gasteiger charge is -2.25. The van der Waals surface area contributed by atoms with E-state index >= 15 is 0 Å². The summed E-state index contributed by atoms with van der Waals surface area (Å²) in [7, 11) is 0. The summed E-state index contributed by atoms with van der Waals surface area (Å²) in [5.41, 5.74) is 1.25. The van der Waals surface area contributed by atoms with Crippen molar-refractivity contribution in [2.75, 3.05) is 0 Å². The molecule has 0 spiro atoms. The van der Waals surface area contributed by atoms with E-state index in [1.54, 1.807) is 22.9 Å². The smallest absolute Gasteiger partial charge is 0.145 e. The van der Waals surface area contributed by atoms with Gasteiger partial charge in [0.05, 0.1) is 10.7 Å². The maximum absolute atomic E-state index is 4.84. The van der Waals surface area contributed by atoms with Gasteiger partial charge < -0.3 is 0 Å². The highest BCUT2D eigenvalue weighted by molar-refractivity contribution is 7.09. The first-order chi connectivity index (χ1) is 10.2. The summed E-state index contributed by atoms with van der Waals surface area (Å²) in [5, 5.41) is 4.58. The van der Waals surface area contributed by atoms with Gasteiger partial charge in [0.2, 0.25) is 0 Å². The van der Waals surface area contributed by atoms with Crippen LogP contribution in [0.5, 0.6) is 0 Å². The number of rotatable bonds is 6. The van der Waals surface area contributed by atoms with E-state index in [0.717, 1.165) is 17.3 Å². The molecule has 22 heavy (non-hydrogen) atoms. The van der Waals surface area contributed by atoms with Gasteiger partial charge in [-0.25, -0.2) is 9.97 Å². The van der Waals surface area contributed by atoms with Gasteiger partial charge in [-0.2, -0.15) is 4.37 Å². The second kappa shape index (κ2) is 6.75. The van der Waals surface area contributed by atoms with Gasteiger partial charge in [-0.1, -0.05) is 48.5 Å². The molecular weight excluding hydrogens is 310 g/mol. The predicted molar refractivity (Wildman–Crippen MR) is 96.3 cm³/mol. The third-order valence-corrected chi connectivity index (χ3v) is 6.09. The highest BCUT2D eigenvalue weighted by Crippen LogP contribution is 2.36. The molecule has 3 nitrogen and oxygen atoms in total. The van der Waals surface area contributed by atoms with Crippen LogP contribution < -0.4 is 0 Å². The fraction of sp³-hybridized carbons (Fsp3) is 0.706. The number of hydrogen-bond donors (Lipinski definition) is 0. The summed E-state index contributed by atoms with van der Waals surface area (Å²) in [4.78, 5) is 9.55. The zero-order chi connectivity index (χ0) is 16.5. The van der Waals surface area contributed by atoms with Crippen LogP contribution in [0.3, 0.4) is 0 Å². The third kappa shape index (κ3) is 3.93. The molecule has 1 unspecified atom stereocenters. The standard InChI is InChI=1S/C17H27N3S2/c1-10(2)15-18-13(9-21-15)17(6,7)8-12(5)14-19-16(11(3)4)22-20-14/h9-12H,8H2,1-7H3. The molecule has 0 saturated heterocycles. The third-order valence-electron chi connectivity index (χ3n) is 3.92. The van der Waals surface area contributed by atoms with Crippen molar-refractivity contribution in [2.45, 2.75) is 78.1 Å². The molecule has 5 heteroatoms. The SMILES string of the molecule is CC(C)c1nc(C(C)(C)CC(C)c2nsc(C(C)C)n2)cs1. The molecule has 0 aromatic carbocycles. The molecular formula is C17H27N3S2. The summed E-state index contributed by atoms with van der Waals surface area (Å²) in [6, 6.07) is 0. The molecule has 2 aromatic heterocycles. The Bertz CT molecular complexity index is 611. The molecule has 0 fully saturated rings. The van der Waals surface area contributed by atoms with Gasteiger partial charge in [-0.15, -0.1) is 11.3 Å². The van der Waals surface area contributed by atoms with Crippen LogP contribution in [0.1, 0.15) is 94.2 Å². The number of nitrogens with zero attached hydrogens (tertiary/aromatic N) is 3. The summed E-state index contributed by atoms with van der Waals surface area (Å²) in [5.74, 6) is 2.29. The number of hydrogen-bond acceptors (Lipinski definition) is 5. The van der Waals surface area contributed by atoms with Crippen molar-refractivity contribution in [1.29, 1.82) is 0 Å². The Hall–Kier alpha value is -0.810. The highest BCUT2D eigenvalue weighted by Gasteiger charge is 2.28. The van der Waals surface area contributed by atoms with Crippen molar-refractivity contribution in [2.24, 2.45) is 0 Å². The minimum atomic E-state index is 0.0480. The van der Waals surface area contributed by atoms with Crippen molar-refractivity contribution < 1.29 is 0 Å². The Morgan fingerprint density at radius 2 is 1.64 bits per heavy atom. The maximum atomic E-state index is 4.84. The predicted octanol–water partition coefficient (Wildman–Crippen LogP) is 5.71. The number of aromatic nitrogens is 3. The Kier molecular flexibility index (Phi) is 5.38. The summed E-state index contributed by atoms with van der Waals surface area (Å²) < 4.78 is 4.56. The zero-order valence-corrected chi connectivity index (χ0v) is 16.3. The lowest BCUT2D eigenvalue weighted by atomic mass is 9.81. The van der Waals surface area contributed by atoms with Gasteiger partial charge >= 0.3 is 0 Å². The lowest BCUT2D eigenvalue weighted by molar-refractivity contribution is 0.421. The Labute approximate surface area is 142 Å². The molecule has 0 aliphatic rings. The van der Waals surface area contributed by atoms with Crippen LogP contribution in [-0.2, 0) is 5.41 Å². The van der Waals surface area contributed by atoms with Gasteiger partial charge in [-0.3, -0.25) is 0 Å². The normalized spacial score (nSPS) is 14.0. The maximum Gasteiger partial charge on any atom is 0.145 e. The topological polar surface area (TPSA) is 38.7 Å². The molecule has 0 aliphatic heterocycles. The van der Waals surface area contributed by atoms with E-state index in [2.05, 4.69) is 58.2 Å². The Morgan fingerprint density at radius 1 is 1.00 bits per heavy atom. The molecule has 2 heterocycles. The van der Waals surface area contributed by atoms with E-state index in [4.69, 9.17) is 9.97 Å². The first-order valence-corrected chi connectivity index (χ1v) is 9.65. The van der Waals surface area contributed by atoms with Crippen LogP contribution in [-0.4, -0.2) is 14.3 Å². The largest absolute Gasteiger partial charge is 0.245 e. The van der Waals surface area contributed by atoms with Crippen LogP contribution >= 0.6 is 22.9 Å². The van der Waals surface area contributed by atoms with Crippen LogP contribution in [0.4, 0.5) is 0 Å². The first kappa shape index (κ1) is 17.5. The molecule has 0 aliphatic carbocycles. The van der Waals surface area contributed by atoms with Crippen LogP contribution in [0.2, 0.25) is 0 Å². The van der Waals surface area contributed by atoms with E-state index < -0.39 is 0 Å². The first-order valence-electron chi connectivity index (χ1n) is 8.00. The minimum Gasteiger partial charge on any atom is -0.245 e. The van der Waals surface area contributed by atoms with Gasteiger partial charge in [0, 0.05) is 28.5 Å². The van der Waals surface area contributed by atoms with Crippen molar-refractivity contribution in [3.8, 4) is 0 Å². The average Bonchev–Trinajstić information content (AvgIpc) is 3.08. The van der Waals surface area contributed by atoms with Crippen molar-refractivity contribution in [3.63, 3.8) is 0 Å². The van der Waals surface area contributed by atoms with Gasteiger partial charge in [-0.05, 0) is 18.0 Å². The second-order valence-corrected chi connectivity index (χ2v) is 9.03. The van der Waals surface area contributed by atoms with Gasteiger partial charge in [0.15, 0.2) is 0 Å². The zero-order valence-electron chi connectivity index (χ0n) is 14.7. The van der Waals surface area contributed by atoms with Gasteiger partial charge in [0.25, 0.3) is 0 Å². The van der Waals surface area contributed by atoms with E-state index in [1.165, 1.54) is 10.7 Å². The van der Waals surface area contributed by atoms with Crippen LogP contribution in [0, 0.1) is 0 Å². The molecule has 0 amide bonds. The molecule has 2 aromatic rings. The summed E-state index contributed by atoms with van der Waals surface area (Å²) in [6.45, 7) is 15.5. The fourth-order valence-corrected chi connectivity index (χ4v) is 4.29. The van der Waals surface area contributed by atoms with E-state index in [-0.39, 0.29) is 5.41 Å². The van der Waals surface area contributed by atoms with E-state index in [1.807, 2.05) is 0 Å².